The van der Waals surface area contributed by atoms with Crippen LogP contribution in [0.1, 0.15) is 22.3 Å². The number of alkyl halides is 1. The van der Waals surface area contributed by atoms with Gasteiger partial charge in [0.05, 0.1) is 13.5 Å². The van der Waals surface area contributed by atoms with E-state index in [0.717, 1.165) is 5.56 Å². The maximum atomic E-state index is 12.5. The Labute approximate surface area is 156 Å². The quantitative estimate of drug-likeness (QED) is 0.388. The number of ether oxygens (including phenoxy) is 2. The van der Waals surface area contributed by atoms with Gasteiger partial charge in [-0.3, -0.25) is 9.59 Å². The van der Waals surface area contributed by atoms with Gasteiger partial charge >= 0.3 is 5.97 Å². The zero-order valence-corrected chi connectivity index (χ0v) is 15.2. The van der Waals surface area contributed by atoms with E-state index in [9.17, 15) is 9.59 Å². The lowest BCUT2D eigenvalue weighted by Gasteiger charge is -2.16. The molecule has 0 spiro atoms. The largest absolute Gasteiger partial charge is 0.497 e. The topological polar surface area (TPSA) is 52.6 Å². The average molecular weight is 381 g/mol. The number of halogens is 2. The van der Waals surface area contributed by atoms with Crippen LogP contribution in [0.5, 0.6) is 5.75 Å². The predicted octanol–water partition coefficient (Wildman–Crippen LogP) is 4.31. The van der Waals surface area contributed by atoms with Crippen molar-refractivity contribution in [1.82, 2.24) is 0 Å². The number of carbonyl (C=O) groups excluding carboxylic acids is 2. The highest BCUT2D eigenvalue weighted by molar-refractivity contribution is 6.30. The molecule has 0 amide bonds. The van der Waals surface area contributed by atoms with Crippen molar-refractivity contribution in [2.75, 3.05) is 13.0 Å². The SMILES string of the molecule is COc1ccc(CC(=O)OC(CCCl)C(=O)c2ccc(Cl)cc2)cc1. The Morgan fingerprint density at radius 2 is 1.68 bits per heavy atom. The van der Waals surface area contributed by atoms with Crippen LogP contribution in [0.25, 0.3) is 0 Å². The average Bonchev–Trinajstić information content (AvgIpc) is 2.62. The molecule has 25 heavy (non-hydrogen) atoms. The first-order valence-corrected chi connectivity index (χ1v) is 8.63. The second-order valence-corrected chi connectivity index (χ2v) is 6.17. The Kier molecular flexibility index (Phi) is 7.29. The number of hydrogen-bond acceptors (Lipinski definition) is 4. The van der Waals surface area contributed by atoms with E-state index >= 15 is 0 Å². The van der Waals surface area contributed by atoms with Gasteiger partial charge in [-0.05, 0) is 42.0 Å². The zero-order valence-electron chi connectivity index (χ0n) is 13.7. The van der Waals surface area contributed by atoms with Crippen LogP contribution in [0.4, 0.5) is 0 Å². The molecule has 0 saturated carbocycles. The summed E-state index contributed by atoms with van der Waals surface area (Å²) in [4.78, 5) is 24.7. The molecule has 1 atom stereocenters. The Morgan fingerprint density at radius 1 is 1.04 bits per heavy atom. The summed E-state index contributed by atoms with van der Waals surface area (Å²) in [6.45, 7) is 0. The number of ketones is 1. The minimum Gasteiger partial charge on any atom is -0.497 e. The molecule has 6 heteroatoms. The van der Waals surface area contributed by atoms with Gasteiger partial charge in [-0.15, -0.1) is 11.6 Å². The fraction of sp³-hybridized carbons (Fsp3) is 0.263. The van der Waals surface area contributed by atoms with Crippen LogP contribution >= 0.6 is 23.2 Å². The molecule has 4 nitrogen and oxygen atoms in total. The molecule has 1 unspecified atom stereocenters. The number of esters is 1. The van der Waals surface area contributed by atoms with E-state index in [2.05, 4.69) is 0 Å². The third kappa shape index (κ3) is 5.76. The fourth-order valence-corrected chi connectivity index (χ4v) is 2.58. The molecule has 0 N–H and O–H groups in total. The summed E-state index contributed by atoms with van der Waals surface area (Å²) in [6, 6.07) is 13.5. The lowest BCUT2D eigenvalue weighted by molar-refractivity contribution is -0.146. The van der Waals surface area contributed by atoms with Crippen molar-refractivity contribution in [3.05, 3.63) is 64.7 Å². The van der Waals surface area contributed by atoms with E-state index in [1.54, 1.807) is 55.6 Å². The summed E-state index contributed by atoms with van der Waals surface area (Å²) in [7, 11) is 1.57. The number of hydrogen-bond donors (Lipinski definition) is 0. The summed E-state index contributed by atoms with van der Waals surface area (Å²) in [5, 5.41) is 0.530. The van der Waals surface area contributed by atoms with Gasteiger partial charge in [-0.2, -0.15) is 0 Å². The van der Waals surface area contributed by atoms with Crippen LogP contribution in [0.2, 0.25) is 5.02 Å². The molecule has 2 aromatic rings. The Hall–Kier alpha value is -2.04. The summed E-state index contributed by atoms with van der Waals surface area (Å²) < 4.78 is 10.4. The first-order chi connectivity index (χ1) is 12.0. The second kappa shape index (κ2) is 9.44. The Morgan fingerprint density at radius 3 is 2.24 bits per heavy atom. The van der Waals surface area contributed by atoms with Crippen molar-refractivity contribution >= 4 is 35.0 Å². The molecular weight excluding hydrogens is 363 g/mol. The Balaban J connectivity index is 2.02. The number of rotatable bonds is 8. The maximum absolute atomic E-state index is 12.5. The third-order valence-electron chi connectivity index (χ3n) is 3.57. The molecule has 0 aliphatic rings. The van der Waals surface area contributed by atoms with Crippen LogP contribution < -0.4 is 4.74 Å². The van der Waals surface area contributed by atoms with E-state index in [-0.39, 0.29) is 24.5 Å². The van der Waals surface area contributed by atoms with Crippen LogP contribution in [0.3, 0.4) is 0 Å². The second-order valence-electron chi connectivity index (χ2n) is 5.35. The minimum absolute atomic E-state index is 0.0661. The normalized spacial score (nSPS) is 11.6. The van der Waals surface area contributed by atoms with E-state index in [1.807, 2.05) is 0 Å². The van der Waals surface area contributed by atoms with Gasteiger partial charge in [0.25, 0.3) is 0 Å². The van der Waals surface area contributed by atoms with E-state index < -0.39 is 12.1 Å². The van der Waals surface area contributed by atoms with Gasteiger partial charge in [0.1, 0.15) is 5.75 Å². The third-order valence-corrected chi connectivity index (χ3v) is 4.04. The molecule has 132 valence electrons. The van der Waals surface area contributed by atoms with E-state index in [0.29, 0.717) is 16.3 Å². The molecule has 0 fully saturated rings. The summed E-state index contributed by atoms with van der Waals surface area (Å²) >= 11 is 11.6. The van der Waals surface area contributed by atoms with Crippen molar-refractivity contribution in [3.8, 4) is 5.75 Å². The first kappa shape index (κ1) is 19.3. The smallest absolute Gasteiger partial charge is 0.310 e. The number of methoxy groups -OCH3 is 1. The van der Waals surface area contributed by atoms with Crippen molar-refractivity contribution in [2.24, 2.45) is 0 Å². The monoisotopic (exact) mass is 380 g/mol. The van der Waals surface area contributed by atoms with Crippen LogP contribution in [-0.2, 0) is 16.0 Å². The molecule has 0 aromatic heterocycles. The standard InChI is InChI=1S/C19H18Cl2O4/c1-24-16-8-2-13(3-9-16)12-18(22)25-17(10-11-20)19(23)14-4-6-15(21)7-5-14/h2-9,17H,10-12H2,1H3. The number of carbonyl (C=O) groups is 2. The lowest BCUT2D eigenvalue weighted by Crippen LogP contribution is -2.28. The molecule has 0 aliphatic heterocycles. The van der Waals surface area contributed by atoms with Crippen molar-refractivity contribution in [1.29, 1.82) is 0 Å². The van der Waals surface area contributed by atoms with Gasteiger partial charge in [-0.25, -0.2) is 0 Å². The highest BCUT2D eigenvalue weighted by Crippen LogP contribution is 2.16. The van der Waals surface area contributed by atoms with Gasteiger partial charge < -0.3 is 9.47 Å². The number of benzene rings is 2. The molecule has 0 saturated heterocycles. The van der Waals surface area contributed by atoms with Gasteiger partial charge in [0.2, 0.25) is 5.78 Å². The minimum atomic E-state index is -0.913. The predicted molar refractivity (Wildman–Crippen MR) is 97.7 cm³/mol. The summed E-state index contributed by atoms with van der Waals surface area (Å²) in [6.07, 6.45) is -0.599. The maximum Gasteiger partial charge on any atom is 0.310 e. The van der Waals surface area contributed by atoms with Crippen LogP contribution in [0, 0.1) is 0 Å². The van der Waals surface area contributed by atoms with E-state index in [1.165, 1.54) is 0 Å². The summed E-state index contributed by atoms with van der Waals surface area (Å²) in [5.41, 5.74) is 1.20. The van der Waals surface area contributed by atoms with Crippen LogP contribution in [0.15, 0.2) is 48.5 Å². The molecular formula is C19H18Cl2O4. The van der Waals surface area contributed by atoms with Gasteiger partial charge in [0, 0.05) is 22.9 Å². The fourth-order valence-electron chi connectivity index (χ4n) is 2.25. The van der Waals surface area contributed by atoms with Crippen LogP contribution in [-0.4, -0.2) is 30.8 Å². The molecule has 0 bridgehead atoms. The van der Waals surface area contributed by atoms with Crippen molar-refractivity contribution in [2.45, 2.75) is 18.9 Å². The highest BCUT2D eigenvalue weighted by Gasteiger charge is 2.24. The highest BCUT2D eigenvalue weighted by atomic mass is 35.5. The molecule has 2 aromatic carbocycles. The van der Waals surface area contributed by atoms with E-state index in [4.69, 9.17) is 32.7 Å². The Bertz CT molecular complexity index is 711. The van der Waals surface area contributed by atoms with Gasteiger partial charge in [-0.1, -0.05) is 23.7 Å². The lowest BCUT2D eigenvalue weighted by atomic mass is 10.0. The molecule has 0 heterocycles. The molecule has 2 rings (SSSR count). The van der Waals surface area contributed by atoms with Gasteiger partial charge in [0.15, 0.2) is 6.10 Å². The molecule has 0 aliphatic carbocycles. The summed E-state index contributed by atoms with van der Waals surface area (Å²) in [5.74, 6) is 0.137. The number of Topliss-reactive ketones (excluding diaryl/α,β-unsaturated/α-hetero) is 1. The molecule has 0 radical (unpaired) electrons. The zero-order chi connectivity index (χ0) is 18.2. The van der Waals surface area contributed by atoms with Crippen molar-refractivity contribution in [3.63, 3.8) is 0 Å². The van der Waals surface area contributed by atoms with Crippen molar-refractivity contribution < 1.29 is 19.1 Å². The first-order valence-electron chi connectivity index (χ1n) is 7.71.